The summed E-state index contributed by atoms with van der Waals surface area (Å²) in [7, 11) is 0. The predicted octanol–water partition coefficient (Wildman–Crippen LogP) is 2.39. The summed E-state index contributed by atoms with van der Waals surface area (Å²) in [6, 6.07) is 6.46. The molecule has 0 aliphatic carbocycles. The molecule has 24 heavy (non-hydrogen) atoms. The first-order valence-electron chi connectivity index (χ1n) is 7.90. The van der Waals surface area contributed by atoms with Crippen LogP contribution in [0, 0.1) is 12.7 Å². The quantitative estimate of drug-likeness (QED) is 0.901. The van der Waals surface area contributed by atoms with Crippen LogP contribution in [-0.2, 0) is 4.74 Å². The molecule has 128 valence electrons. The van der Waals surface area contributed by atoms with Crippen LogP contribution in [0.25, 0.3) is 0 Å². The second-order valence-corrected chi connectivity index (χ2v) is 6.55. The Bertz CT molecular complexity index is 683. The zero-order chi connectivity index (χ0) is 16.9. The Balaban J connectivity index is 1.73. The van der Waals surface area contributed by atoms with Crippen LogP contribution in [0.4, 0.5) is 4.39 Å². The third-order valence-electron chi connectivity index (χ3n) is 4.15. The normalized spacial score (nSPS) is 16.8. The molecule has 1 saturated heterocycles. The van der Waals surface area contributed by atoms with Gasteiger partial charge in [0, 0.05) is 19.6 Å². The van der Waals surface area contributed by atoms with E-state index < -0.39 is 0 Å². The maximum Gasteiger partial charge on any atom is 0.263 e. The summed E-state index contributed by atoms with van der Waals surface area (Å²) in [5.74, 6) is -0.376. The number of halogens is 1. The average Bonchev–Trinajstić information content (AvgIpc) is 3.03. The van der Waals surface area contributed by atoms with Crippen molar-refractivity contribution >= 4 is 17.2 Å². The Morgan fingerprint density at radius 3 is 2.71 bits per heavy atom. The second kappa shape index (κ2) is 7.83. The van der Waals surface area contributed by atoms with Crippen LogP contribution in [0.1, 0.15) is 27.0 Å². The minimum absolute atomic E-state index is 0.00771. The lowest BCUT2D eigenvalue weighted by molar-refractivity contribution is 0.0162. The van der Waals surface area contributed by atoms with Gasteiger partial charge in [-0.3, -0.25) is 9.69 Å². The molecule has 1 atom stereocenters. The van der Waals surface area contributed by atoms with Crippen LogP contribution in [-0.4, -0.2) is 48.6 Å². The first kappa shape index (κ1) is 17.0. The van der Waals surface area contributed by atoms with Gasteiger partial charge < -0.3 is 10.1 Å². The molecule has 7 heteroatoms. The van der Waals surface area contributed by atoms with Gasteiger partial charge in [0.2, 0.25) is 0 Å². The number of aryl methyl sites for hydroxylation is 1. The zero-order valence-electron chi connectivity index (χ0n) is 13.5. The van der Waals surface area contributed by atoms with Gasteiger partial charge in [0.15, 0.2) is 0 Å². The Kier molecular flexibility index (Phi) is 5.55. The van der Waals surface area contributed by atoms with Gasteiger partial charge in [-0.2, -0.15) is 0 Å². The highest BCUT2D eigenvalue weighted by Gasteiger charge is 2.24. The van der Waals surface area contributed by atoms with Crippen LogP contribution in [0.3, 0.4) is 0 Å². The number of aromatic nitrogens is 1. The Morgan fingerprint density at radius 1 is 1.38 bits per heavy atom. The molecule has 3 rings (SSSR count). The van der Waals surface area contributed by atoms with E-state index in [0.29, 0.717) is 24.6 Å². The lowest BCUT2D eigenvalue weighted by atomic mass is 10.0. The van der Waals surface area contributed by atoms with E-state index in [1.54, 1.807) is 17.6 Å². The van der Waals surface area contributed by atoms with Gasteiger partial charge in [-0.15, -0.1) is 11.3 Å². The van der Waals surface area contributed by atoms with Gasteiger partial charge in [-0.05, 0) is 24.6 Å². The van der Waals surface area contributed by atoms with Gasteiger partial charge in [0.05, 0.1) is 30.5 Å². The lowest BCUT2D eigenvalue weighted by Gasteiger charge is -2.34. The van der Waals surface area contributed by atoms with Crippen molar-refractivity contribution < 1.29 is 13.9 Å². The van der Waals surface area contributed by atoms with E-state index in [-0.39, 0.29) is 17.8 Å². The monoisotopic (exact) mass is 349 g/mol. The van der Waals surface area contributed by atoms with Crippen LogP contribution in [0.5, 0.6) is 0 Å². The minimum atomic E-state index is -0.260. The highest BCUT2D eigenvalue weighted by Crippen LogP contribution is 2.22. The Hall–Kier alpha value is -1.83. The highest BCUT2D eigenvalue weighted by molar-refractivity contribution is 7.11. The van der Waals surface area contributed by atoms with Gasteiger partial charge in [0.1, 0.15) is 10.7 Å². The fourth-order valence-electron chi connectivity index (χ4n) is 2.82. The van der Waals surface area contributed by atoms with E-state index in [2.05, 4.69) is 15.2 Å². The van der Waals surface area contributed by atoms with Crippen molar-refractivity contribution in [1.29, 1.82) is 0 Å². The van der Waals surface area contributed by atoms with Crippen molar-refractivity contribution in [1.82, 2.24) is 15.2 Å². The number of hydrogen-bond donors (Lipinski definition) is 1. The van der Waals surface area contributed by atoms with Crippen molar-refractivity contribution in [3.63, 3.8) is 0 Å². The second-order valence-electron chi connectivity index (χ2n) is 5.69. The Labute approximate surface area is 144 Å². The summed E-state index contributed by atoms with van der Waals surface area (Å²) < 4.78 is 18.6. The molecule has 1 fully saturated rings. The number of amides is 1. The maximum atomic E-state index is 13.2. The summed E-state index contributed by atoms with van der Waals surface area (Å²) >= 11 is 1.34. The molecule has 0 saturated carbocycles. The summed E-state index contributed by atoms with van der Waals surface area (Å²) in [6.45, 7) is 5.20. The number of rotatable bonds is 5. The van der Waals surface area contributed by atoms with Crippen molar-refractivity contribution in [2.75, 3.05) is 32.8 Å². The molecule has 1 N–H and O–H groups in total. The summed E-state index contributed by atoms with van der Waals surface area (Å²) in [5.41, 5.74) is 3.39. The molecule has 1 amide bonds. The Morgan fingerprint density at radius 2 is 2.08 bits per heavy atom. The first-order valence-corrected chi connectivity index (χ1v) is 8.78. The molecule has 0 bridgehead atoms. The van der Waals surface area contributed by atoms with Crippen LogP contribution >= 0.6 is 11.3 Å². The van der Waals surface area contributed by atoms with E-state index in [1.807, 2.05) is 6.92 Å². The number of benzene rings is 1. The molecular weight excluding hydrogens is 329 g/mol. The van der Waals surface area contributed by atoms with Crippen molar-refractivity contribution in [3.8, 4) is 0 Å². The molecule has 1 aromatic carbocycles. The minimum Gasteiger partial charge on any atom is -0.379 e. The van der Waals surface area contributed by atoms with Gasteiger partial charge >= 0.3 is 0 Å². The van der Waals surface area contributed by atoms with E-state index in [9.17, 15) is 9.18 Å². The van der Waals surface area contributed by atoms with Crippen LogP contribution < -0.4 is 5.32 Å². The summed E-state index contributed by atoms with van der Waals surface area (Å²) in [5, 5.41) is 2.99. The lowest BCUT2D eigenvalue weighted by Crippen LogP contribution is -2.43. The van der Waals surface area contributed by atoms with E-state index in [1.165, 1.54) is 23.5 Å². The first-order chi connectivity index (χ1) is 11.6. The van der Waals surface area contributed by atoms with Crippen molar-refractivity contribution in [2.24, 2.45) is 0 Å². The fraction of sp³-hybridized carbons (Fsp3) is 0.412. The number of morpholine rings is 1. The topological polar surface area (TPSA) is 54.5 Å². The van der Waals surface area contributed by atoms with E-state index in [4.69, 9.17) is 4.74 Å². The van der Waals surface area contributed by atoms with Gasteiger partial charge in [-0.1, -0.05) is 12.1 Å². The number of carbonyl (C=O) groups excluding carboxylic acids is 1. The summed E-state index contributed by atoms with van der Waals surface area (Å²) in [6.07, 6.45) is 0. The smallest absolute Gasteiger partial charge is 0.263 e. The third-order valence-corrected chi connectivity index (χ3v) is 5.08. The predicted molar refractivity (Wildman–Crippen MR) is 90.7 cm³/mol. The molecule has 1 aliphatic rings. The molecule has 0 spiro atoms. The molecular formula is C17H20FN3O2S. The molecule has 1 aromatic heterocycles. The zero-order valence-corrected chi connectivity index (χ0v) is 14.3. The summed E-state index contributed by atoms with van der Waals surface area (Å²) in [4.78, 5) is 19.4. The largest absolute Gasteiger partial charge is 0.379 e. The number of hydrogen-bond acceptors (Lipinski definition) is 5. The number of thiazole rings is 1. The number of nitrogens with one attached hydrogen (secondary N) is 1. The molecule has 0 radical (unpaired) electrons. The number of carbonyl (C=O) groups is 1. The van der Waals surface area contributed by atoms with Gasteiger partial charge in [-0.25, -0.2) is 9.37 Å². The van der Waals surface area contributed by atoms with Crippen molar-refractivity contribution in [2.45, 2.75) is 13.0 Å². The SMILES string of the molecule is Cc1ncsc1C(=O)NC[C@H](c1ccc(F)cc1)N1CCOCC1. The van der Waals surface area contributed by atoms with Crippen molar-refractivity contribution in [3.05, 3.63) is 51.7 Å². The van der Waals surface area contributed by atoms with E-state index in [0.717, 1.165) is 24.3 Å². The average molecular weight is 349 g/mol. The van der Waals surface area contributed by atoms with E-state index >= 15 is 0 Å². The van der Waals surface area contributed by atoms with Crippen LogP contribution in [0.2, 0.25) is 0 Å². The highest BCUT2D eigenvalue weighted by atomic mass is 32.1. The maximum absolute atomic E-state index is 13.2. The molecule has 0 unspecified atom stereocenters. The van der Waals surface area contributed by atoms with Crippen LogP contribution in [0.15, 0.2) is 29.8 Å². The molecule has 2 heterocycles. The molecule has 5 nitrogen and oxygen atoms in total. The standard InChI is InChI=1S/C17H20FN3O2S/c1-12-16(24-11-20-12)17(22)19-10-15(21-6-8-23-9-7-21)13-2-4-14(18)5-3-13/h2-5,11,15H,6-10H2,1H3,(H,19,22)/t15-/m1/s1. The molecule has 2 aromatic rings. The molecule has 1 aliphatic heterocycles. The fourth-order valence-corrected chi connectivity index (χ4v) is 3.54. The van der Waals surface area contributed by atoms with Gasteiger partial charge in [0.25, 0.3) is 5.91 Å². The number of nitrogens with zero attached hydrogens (tertiary/aromatic N) is 2. The number of ether oxygens (including phenoxy) is 1. The third kappa shape index (κ3) is 3.98.